The van der Waals surface area contributed by atoms with Gasteiger partial charge in [0.05, 0.1) is 11.5 Å². The molecule has 0 radical (unpaired) electrons. The Hall–Kier alpha value is -1.95. The highest BCUT2D eigenvalue weighted by molar-refractivity contribution is 7.91. The summed E-state index contributed by atoms with van der Waals surface area (Å²) in [6.07, 6.45) is -2.99. The number of hydrogen-bond acceptors (Lipinski definition) is 7. The Kier molecular flexibility index (Phi) is 4.49. The van der Waals surface area contributed by atoms with Gasteiger partial charge >= 0.3 is 6.18 Å². The monoisotopic (exact) mass is 404 g/mol. The molecule has 2 aromatic rings. The van der Waals surface area contributed by atoms with Crippen LogP contribution in [0, 0.1) is 0 Å². The number of fused-ring (bicyclic) bond motifs is 1. The number of piperidine rings is 1. The molecule has 0 N–H and O–H groups in total. The second-order valence-electron chi connectivity index (χ2n) is 6.89. The summed E-state index contributed by atoms with van der Waals surface area (Å²) < 4.78 is 62.9. The van der Waals surface area contributed by atoms with Crippen molar-refractivity contribution >= 4 is 21.3 Å². The van der Waals surface area contributed by atoms with Crippen LogP contribution in [0.1, 0.15) is 18.7 Å². The molecule has 2 aromatic heterocycles. The van der Waals surface area contributed by atoms with Crippen molar-refractivity contribution < 1.29 is 21.6 Å². The van der Waals surface area contributed by atoms with Gasteiger partial charge < -0.3 is 4.90 Å². The molecule has 2 aliphatic rings. The zero-order valence-corrected chi connectivity index (χ0v) is 15.2. The molecule has 0 spiro atoms. The molecule has 2 saturated heterocycles. The highest BCUT2D eigenvalue weighted by Crippen LogP contribution is 2.28. The van der Waals surface area contributed by atoms with Crippen LogP contribution in [0.2, 0.25) is 0 Å². The number of nitrogens with zero attached hydrogens (tertiary/aromatic N) is 6. The number of aromatic nitrogens is 4. The summed E-state index contributed by atoms with van der Waals surface area (Å²) >= 11 is 0. The maximum Gasteiger partial charge on any atom is 0.453 e. The van der Waals surface area contributed by atoms with Crippen molar-refractivity contribution in [3.8, 4) is 0 Å². The molecule has 27 heavy (non-hydrogen) atoms. The lowest BCUT2D eigenvalue weighted by atomic mass is 10.0. The summed E-state index contributed by atoms with van der Waals surface area (Å²) in [5.74, 6) is -0.297. The first-order valence-electron chi connectivity index (χ1n) is 8.72. The van der Waals surface area contributed by atoms with Crippen molar-refractivity contribution in [2.45, 2.75) is 25.1 Å². The molecule has 0 amide bonds. The smallest absolute Gasteiger partial charge is 0.355 e. The van der Waals surface area contributed by atoms with Gasteiger partial charge in [0.15, 0.2) is 15.5 Å². The Balaban J connectivity index is 1.45. The molecule has 0 unspecified atom stereocenters. The van der Waals surface area contributed by atoms with E-state index in [2.05, 4.69) is 20.2 Å². The van der Waals surface area contributed by atoms with Gasteiger partial charge in [-0.3, -0.25) is 4.90 Å². The maximum atomic E-state index is 13.0. The summed E-state index contributed by atoms with van der Waals surface area (Å²) in [5, 5.41) is 10.8. The third-order valence-electron chi connectivity index (χ3n) is 5.19. The van der Waals surface area contributed by atoms with Crippen molar-refractivity contribution in [2.75, 3.05) is 42.6 Å². The Morgan fingerprint density at radius 3 is 2.30 bits per heavy atom. The number of anilines is 1. The van der Waals surface area contributed by atoms with Gasteiger partial charge in [0, 0.05) is 32.2 Å². The Labute approximate surface area is 153 Å². The molecule has 4 rings (SSSR count). The number of hydrogen-bond donors (Lipinski definition) is 0. The summed E-state index contributed by atoms with van der Waals surface area (Å²) in [5.41, 5.74) is 0.0514. The van der Waals surface area contributed by atoms with E-state index in [0.717, 1.165) is 17.4 Å². The van der Waals surface area contributed by atoms with Crippen LogP contribution in [0.15, 0.2) is 12.1 Å². The van der Waals surface area contributed by atoms with E-state index < -0.39 is 21.8 Å². The largest absolute Gasteiger partial charge is 0.453 e. The van der Waals surface area contributed by atoms with E-state index in [1.165, 1.54) is 6.07 Å². The maximum absolute atomic E-state index is 13.0. The average Bonchev–Trinajstić information content (AvgIpc) is 3.05. The molecule has 0 saturated carbocycles. The first-order chi connectivity index (χ1) is 12.7. The van der Waals surface area contributed by atoms with Gasteiger partial charge in [-0.2, -0.15) is 17.7 Å². The van der Waals surface area contributed by atoms with Gasteiger partial charge in [0.25, 0.3) is 5.82 Å². The van der Waals surface area contributed by atoms with Gasteiger partial charge in [-0.1, -0.05) is 0 Å². The lowest BCUT2D eigenvalue weighted by Gasteiger charge is -2.40. The average molecular weight is 404 g/mol. The minimum absolute atomic E-state index is 0.0514. The van der Waals surface area contributed by atoms with Gasteiger partial charge in [0.2, 0.25) is 0 Å². The zero-order chi connectivity index (χ0) is 19.2. The predicted molar refractivity (Wildman–Crippen MR) is 91.2 cm³/mol. The third-order valence-corrected chi connectivity index (χ3v) is 6.80. The normalized spacial score (nSPS) is 22.4. The van der Waals surface area contributed by atoms with E-state index in [4.69, 9.17) is 0 Å². The van der Waals surface area contributed by atoms with Crippen LogP contribution >= 0.6 is 0 Å². The highest BCUT2D eigenvalue weighted by atomic mass is 32.2. The van der Waals surface area contributed by atoms with Crippen LogP contribution in [-0.2, 0) is 16.0 Å². The molecular weight excluding hydrogens is 385 g/mol. The quantitative estimate of drug-likeness (QED) is 0.734. The van der Waals surface area contributed by atoms with Gasteiger partial charge in [-0.25, -0.2) is 8.42 Å². The standard InChI is InChI=1S/C15H19F3N6O2S/c16-15(17,18)14-20-19-12-1-2-13(21-24(12)14)23-5-3-11(4-6-23)22-7-9-27(25,26)10-8-22/h1-2,11H,3-10H2. The Bertz CT molecular complexity index is 923. The second-order valence-corrected chi connectivity index (χ2v) is 9.19. The molecular formula is C15H19F3N6O2S. The highest BCUT2D eigenvalue weighted by Gasteiger charge is 2.38. The fourth-order valence-electron chi connectivity index (χ4n) is 3.68. The zero-order valence-electron chi connectivity index (χ0n) is 14.4. The summed E-state index contributed by atoms with van der Waals surface area (Å²) in [7, 11) is -2.91. The summed E-state index contributed by atoms with van der Waals surface area (Å²) in [4.78, 5) is 4.15. The molecule has 0 bridgehead atoms. The lowest BCUT2D eigenvalue weighted by Crippen LogP contribution is -2.50. The van der Waals surface area contributed by atoms with E-state index in [-0.39, 0.29) is 17.2 Å². The van der Waals surface area contributed by atoms with E-state index in [0.29, 0.717) is 38.0 Å². The van der Waals surface area contributed by atoms with Gasteiger partial charge in [-0.15, -0.1) is 15.3 Å². The number of alkyl halides is 3. The molecule has 2 fully saturated rings. The second kappa shape index (κ2) is 6.59. The van der Waals surface area contributed by atoms with E-state index in [1.807, 2.05) is 4.90 Å². The first kappa shape index (κ1) is 18.4. The van der Waals surface area contributed by atoms with Crippen LogP contribution in [0.4, 0.5) is 19.0 Å². The molecule has 148 valence electrons. The fourth-order valence-corrected chi connectivity index (χ4v) is 4.91. The molecule has 2 aliphatic heterocycles. The number of rotatable bonds is 2. The number of sulfone groups is 1. The summed E-state index contributed by atoms with van der Waals surface area (Å²) in [6.45, 7) is 2.39. The van der Waals surface area contributed by atoms with Crippen LogP contribution in [0.25, 0.3) is 5.65 Å². The Morgan fingerprint density at radius 1 is 1.00 bits per heavy atom. The van der Waals surface area contributed by atoms with E-state index >= 15 is 0 Å². The first-order valence-corrected chi connectivity index (χ1v) is 10.5. The SMILES string of the molecule is O=S1(=O)CCN(C2CCN(c3ccc4nnc(C(F)(F)F)n4n3)CC2)CC1. The van der Waals surface area contributed by atoms with Crippen molar-refractivity contribution in [3.05, 3.63) is 18.0 Å². The minimum Gasteiger partial charge on any atom is -0.355 e. The van der Waals surface area contributed by atoms with Crippen LogP contribution < -0.4 is 4.90 Å². The fraction of sp³-hybridized carbons (Fsp3) is 0.667. The van der Waals surface area contributed by atoms with Gasteiger partial charge in [0.1, 0.15) is 5.82 Å². The minimum atomic E-state index is -4.62. The third kappa shape index (κ3) is 3.72. The molecule has 0 aromatic carbocycles. The van der Waals surface area contributed by atoms with Crippen LogP contribution in [0.3, 0.4) is 0 Å². The van der Waals surface area contributed by atoms with Crippen molar-refractivity contribution in [3.63, 3.8) is 0 Å². The van der Waals surface area contributed by atoms with Crippen molar-refractivity contribution in [1.82, 2.24) is 24.7 Å². The summed E-state index contributed by atoms with van der Waals surface area (Å²) in [6, 6.07) is 3.42. The predicted octanol–water partition coefficient (Wildman–Crippen LogP) is 0.842. The van der Waals surface area contributed by atoms with Crippen LogP contribution in [0.5, 0.6) is 0 Å². The molecule has 0 atom stereocenters. The molecule has 0 aliphatic carbocycles. The van der Waals surface area contributed by atoms with Crippen LogP contribution in [-0.4, -0.2) is 76.9 Å². The Morgan fingerprint density at radius 2 is 1.67 bits per heavy atom. The molecule has 12 heteroatoms. The van der Waals surface area contributed by atoms with Crippen molar-refractivity contribution in [2.24, 2.45) is 0 Å². The number of halogens is 3. The van der Waals surface area contributed by atoms with Gasteiger partial charge in [-0.05, 0) is 25.0 Å². The topological polar surface area (TPSA) is 83.7 Å². The van der Waals surface area contributed by atoms with E-state index in [9.17, 15) is 21.6 Å². The molecule has 4 heterocycles. The van der Waals surface area contributed by atoms with Crippen molar-refractivity contribution in [1.29, 1.82) is 0 Å². The lowest BCUT2D eigenvalue weighted by molar-refractivity contribution is -0.146. The van der Waals surface area contributed by atoms with E-state index in [1.54, 1.807) is 6.07 Å². The molecule has 8 nitrogen and oxygen atoms in total.